The molecule has 3 nitrogen and oxygen atoms in total. The molecular weight excluding hydrogens is 176 g/mol. The maximum atomic E-state index is 8.47. The van der Waals surface area contributed by atoms with Crippen LogP contribution in [0.25, 0.3) is 0 Å². The Morgan fingerprint density at radius 2 is 2.42 bits per heavy atom. The molecule has 0 aromatic carbocycles. The molecule has 0 saturated carbocycles. The van der Waals surface area contributed by atoms with Crippen molar-refractivity contribution in [3.63, 3.8) is 0 Å². The first-order chi connectivity index (χ1) is 5.77. The fourth-order valence-corrected chi connectivity index (χ4v) is 0.956. The van der Waals surface area contributed by atoms with E-state index >= 15 is 0 Å². The van der Waals surface area contributed by atoms with Crippen LogP contribution in [-0.4, -0.2) is 11.6 Å². The highest BCUT2D eigenvalue weighted by Gasteiger charge is 2.02. The molecule has 0 amide bonds. The van der Waals surface area contributed by atoms with Crippen molar-refractivity contribution in [1.82, 2.24) is 4.98 Å². The number of nitrogens with zero attached hydrogens (tertiary/aromatic N) is 2. The molecule has 0 aliphatic rings. The Bertz CT molecular complexity index is 319. The average molecular weight is 183 g/mol. The smallest absolute Gasteiger partial charge is 0.172 e. The van der Waals surface area contributed by atoms with Crippen LogP contribution in [0.1, 0.15) is 12.6 Å². The van der Waals surface area contributed by atoms with Gasteiger partial charge < -0.3 is 4.74 Å². The van der Waals surface area contributed by atoms with Crippen LogP contribution in [-0.2, 0) is 0 Å². The minimum absolute atomic E-state index is 0.232. The lowest BCUT2D eigenvalue weighted by atomic mass is 10.4. The Labute approximate surface area is 75.6 Å². The van der Waals surface area contributed by atoms with Gasteiger partial charge in [-0.05, 0) is 19.1 Å². The van der Waals surface area contributed by atoms with Gasteiger partial charge in [0.1, 0.15) is 11.8 Å². The third-order valence-corrected chi connectivity index (χ3v) is 1.50. The van der Waals surface area contributed by atoms with Gasteiger partial charge in [-0.3, -0.25) is 0 Å². The van der Waals surface area contributed by atoms with Gasteiger partial charge in [0, 0.05) is 0 Å². The van der Waals surface area contributed by atoms with E-state index in [1.54, 1.807) is 12.1 Å². The molecule has 4 heteroatoms. The monoisotopic (exact) mass is 182 g/mol. The maximum Gasteiger partial charge on any atom is 0.172 e. The summed E-state index contributed by atoms with van der Waals surface area (Å²) in [5, 5.41) is 8.70. The van der Waals surface area contributed by atoms with E-state index in [1.165, 1.54) is 0 Å². The first kappa shape index (κ1) is 8.82. The van der Waals surface area contributed by atoms with Crippen molar-refractivity contribution in [2.45, 2.75) is 6.92 Å². The van der Waals surface area contributed by atoms with Gasteiger partial charge in [0.25, 0.3) is 0 Å². The molecule has 0 aliphatic heterocycles. The predicted octanol–water partition coefficient (Wildman–Crippen LogP) is 2.01. The zero-order valence-electron chi connectivity index (χ0n) is 6.54. The van der Waals surface area contributed by atoms with E-state index in [0.717, 1.165) is 0 Å². The van der Waals surface area contributed by atoms with Crippen LogP contribution in [0, 0.1) is 11.3 Å². The van der Waals surface area contributed by atoms with E-state index in [0.29, 0.717) is 18.1 Å². The Morgan fingerprint density at radius 1 is 1.67 bits per heavy atom. The fraction of sp³-hybridized carbons (Fsp3) is 0.250. The molecule has 62 valence electrons. The minimum atomic E-state index is 0.232. The van der Waals surface area contributed by atoms with E-state index in [9.17, 15) is 0 Å². The Hall–Kier alpha value is -1.27. The van der Waals surface area contributed by atoms with Crippen LogP contribution in [0.2, 0.25) is 5.15 Å². The van der Waals surface area contributed by atoms with Crippen LogP contribution in [0.4, 0.5) is 0 Å². The predicted molar refractivity (Wildman–Crippen MR) is 45.1 cm³/mol. The van der Waals surface area contributed by atoms with Crippen LogP contribution in [0.5, 0.6) is 5.75 Å². The lowest BCUT2D eigenvalue weighted by molar-refractivity contribution is 0.339. The van der Waals surface area contributed by atoms with Crippen molar-refractivity contribution in [1.29, 1.82) is 5.26 Å². The number of halogens is 1. The molecule has 1 rings (SSSR count). The van der Waals surface area contributed by atoms with Crippen LogP contribution in [0.15, 0.2) is 12.1 Å². The van der Waals surface area contributed by atoms with Gasteiger partial charge in [-0.25, -0.2) is 4.98 Å². The van der Waals surface area contributed by atoms with Crippen molar-refractivity contribution in [3.05, 3.63) is 23.0 Å². The second kappa shape index (κ2) is 3.93. The zero-order chi connectivity index (χ0) is 8.97. The number of nitriles is 1. The highest BCUT2D eigenvalue weighted by molar-refractivity contribution is 6.30. The number of hydrogen-bond donors (Lipinski definition) is 0. The topological polar surface area (TPSA) is 45.9 Å². The molecule has 0 spiro atoms. The summed E-state index contributed by atoms with van der Waals surface area (Å²) in [6.45, 7) is 2.39. The van der Waals surface area contributed by atoms with Gasteiger partial charge in [-0.1, -0.05) is 11.6 Å². The summed E-state index contributed by atoms with van der Waals surface area (Å²) < 4.78 is 5.13. The SMILES string of the molecule is CCOc1ccc(C#N)nc1Cl. The molecule has 0 N–H and O–H groups in total. The number of ether oxygens (including phenoxy) is 1. The van der Waals surface area contributed by atoms with Gasteiger partial charge in [0.05, 0.1) is 6.61 Å². The van der Waals surface area contributed by atoms with E-state index in [1.807, 2.05) is 13.0 Å². The molecule has 0 aliphatic carbocycles. The number of aromatic nitrogens is 1. The highest BCUT2D eigenvalue weighted by Crippen LogP contribution is 2.21. The normalized spacial score (nSPS) is 9.08. The van der Waals surface area contributed by atoms with Gasteiger partial charge in [0.15, 0.2) is 10.9 Å². The molecule has 0 bridgehead atoms. The van der Waals surface area contributed by atoms with E-state index in [2.05, 4.69) is 4.98 Å². The quantitative estimate of drug-likeness (QED) is 0.658. The molecule has 0 saturated heterocycles. The number of rotatable bonds is 2. The summed E-state index contributed by atoms with van der Waals surface area (Å²) in [5.74, 6) is 0.512. The first-order valence-electron chi connectivity index (χ1n) is 3.47. The summed E-state index contributed by atoms with van der Waals surface area (Å²) in [6.07, 6.45) is 0. The minimum Gasteiger partial charge on any atom is -0.491 e. The molecular formula is C8H7ClN2O. The van der Waals surface area contributed by atoms with Crippen molar-refractivity contribution >= 4 is 11.6 Å². The molecule has 1 aromatic rings. The third kappa shape index (κ3) is 1.86. The molecule has 12 heavy (non-hydrogen) atoms. The van der Waals surface area contributed by atoms with Crippen LogP contribution < -0.4 is 4.74 Å². The van der Waals surface area contributed by atoms with Crippen LogP contribution >= 0.6 is 11.6 Å². The Balaban J connectivity index is 2.97. The Kier molecular flexibility index (Phi) is 2.89. The standard InChI is InChI=1S/C8H7ClN2O/c1-2-12-7-4-3-6(5-10)11-8(7)9/h3-4H,2H2,1H3. The summed E-state index contributed by atoms with van der Waals surface area (Å²) in [5.41, 5.74) is 0.295. The van der Waals surface area contributed by atoms with Crippen molar-refractivity contribution in [2.24, 2.45) is 0 Å². The molecule has 0 atom stereocenters. The Morgan fingerprint density at radius 3 is 2.92 bits per heavy atom. The summed E-state index contributed by atoms with van der Waals surface area (Å²) in [7, 11) is 0. The van der Waals surface area contributed by atoms with Gasteiger partial charge in [-0.15, -0.1) is 0 Å². The molecule has 0 unspecified atom stereocenters. The molecule has 1 heterocycles. The van der Waals surface area contributed by atoms with E-state index in [4.69, 9.17) is 21.6 Å². The maximum absolute atomic E-state index is 8.47. The largest absolute Gasteiger partial charge is 0.491 e. The first-order valence-corrected chi connectivity index (χ1v) is 3.85. The van der Waals surface area contributed by atoms with Gasteiger partial charge in [0.2, 0.25) is 0 Å². The lowest BCUT2D eigenvalue weighted by Crippen LogP contribution is -1.94. The number of hydrogen-bond acceptors (Lipinski definition) is 3. The van der Waals surface area contributed by atoms with Crippen molar-refractivity contribution in [2.75, 3.05) is 6.61 Å². The van der Waals surface area contributed by atoms with Crippen molar-refractivity contribution < 1.29 is 4.74 Å². The molecule has 0 radical (unpaired) electrons. The van der Waals surface area contributed by atoms with E-state index in [-0.39, 0.29) is 5.15 Å². The second-order valence-corrected chi connectivity index (χ2v) is 2.39. The highest BCUT2D eigenvalue weighted by atomic mass is 35.5. The summed E-state index contributed by atoms with van der Waals surface area (Å²) >= 11 is 5.70. The zero-order valence-corrected chi connectivity index (χ0v) is 7.30. The molecule has 1 aromatic heterocycles. The second-order valence-electron chi connectivity index (χ2n) is 2.03. The van der Waals surface area contributed by atoms with Gasteiger partial charge in [-0.2, -0.15) is 5.26 Å². The summed E-state index contributed by atoms with van der Waals surface area (Å²) in [4.78, 5) is 3.79. The summed E-state index contributed by atoms with van der Waals surface area (Å²) in [6, 6.07) is 5.09. The molecule has 0 fully saturated rings. The van der Waals surface area contributed by atoms with Crippen LogP contribution in [0.3, 0.4) is 0 Å². The van der Waals surface area contributed by atoms with Gasteiger partial charge >= 0.3 is 0 Å². The average Bonchev–Trinajstić information content (AvgIpc) is 2.09. The van der Waals surface area contributed by atoms with Crippen molar-refractivity contribution in [3.8, 4) is 11.8 Å². The van der Waals surface area contributed by atoms with E-state index < -0.39 is 0 Å². The lowest BCUT2D eigenvalue weighted by Gasteiger charge is -2.03. The fourth-order valence-electron chi connectivity index (χ4n) is 0.747. The number of pyridine rings is 1. The third-order valence-electron chi connectivity index (χ3n) is 1.23.